The molecule has 0 amide bonds. The van der Waals surface area contributed by atoms with Crippen molar-refractivity contribution in [1.82, 2.24) is 0 Å². The van der Waals surface area contributed by atoms with E-state index in [0.29, 0.717) is 12.0 Å². The van der Waals surface area contributed by atoms with Gasteiger partial charge in [-0.2, -0.15) is 13.2 Å². The van der Waals surface area contributed by atoms with Crippen LogP contribution in [0.15, 0.2) is 41.5 Å². The van der Waals surface area contributed by atoms with E-state index in [1.54, 1.807) is 6.07 Å². The van der Waals surface area contributed by atoms with E-state index in [9.17, 15) is 18.0 Å². The van der Waals surface area contributed by atoms with Crippen LogP contribution < -0.4 is 0 Å². The zero-order chi connectivity index (χ0) is 18.7. The number of allylic oxidation sites excluding steroid dienone is 3. The molecule has 0 aromatic heterocycles. The lowest BCUT2D eigenvalue weighted by atomic mass is 9.71. The van der Waals surface area contributed by atoms with Gasteiger partial charge in [0.05, 0.1) is 5.56 Å². The fourth-order valence-electron chi connectivity index (χ4n) is 3.57. The van der Waals surface area contributed by atoms with Gasteiger partial charge >= 0.3 is 6.18 Å². The highest BCUT2D eigenvalue weighted by Gasteiger charge is 2.30. The third-order valence-electron chi connectivity index (χ3n) is 4.98. The number of hydrogen-bond donors (Lipinski definition) is 0. The molecule has 0 spiro atoms. The van der Waals surface area contributed by atoms with E-state index in [1.165, 1.54) is 35.8 Å². The average molecular weight is 350 g/mol. The quantitative estimate of drug-likeness (QED) is 0.432. The Morgan fingerprint density at radius 2 is 2.00 bits per heavy atom. The highest BCUT2D eigenvalue weighted by Crippen LogP contribution is 2.42. The molecule has 0 saturated carbocycles. The summed E-state index contributed by atoms with van der Waals surface area (Å²) in [5, 5.41) is 0. The van der Waals surface area contributed by atoms with Crippen LogP contribution in [0.25, 0.3) is 6.08 Å². The van der Waals surface area contributed by atoms with Gasteiger partial charge in [0.15, 0.2) is 5.78 Å². The Morgan fingerprint density at radius 3 is 2.64 bits per heavy atom. The predicted molar refractivity (Wildman–Crippen MR) is 95.1 cm³/mol. The van der Waals surface area contributed by atoms with Crippen LogP contribution in [0.2, 0.25) is 0 Å². The zero-order valence-corrected chi connectivity index (χ0v) is 15.0. The Hall–Kier alpha value is -1.84. The van der Waals surface area contributed by atoms with Gasteiger partial charge in [0.1, 0.15) is 0 Å². The first-order valence-electron chi connectivity index (χ1n) is 8.67. The maximum atomic E-state index is 12.7. The molecule has 136 valence electrons. The average Bonchev–Trinajstić information content (AvgIpc) is 2.51. The van der Waals surface area contributed by atoms with Crippen LogP contribution in [0.1, 0.15) is 64.0 Å². The molecule has 0 saturated heterocycles. The smallest absolute Gasteiger partial charge is 0.295 e. The molecule has 0 unspecified atom stereocenters. The number of ketones is 1. The zero-order valence-electron chi connectivity index (χ0n) is 15.0. The molecule has 1 aromatic carbocycles. The Morgan fingerprint density at radius 1 is 1.28 bits per heavy atom. The number of alkyl halides is 3. The molecule has 1 nitrogen and oxygen atoms in total. The lowest BCUT2D eigenvalue weighted by Gasteiger charge is -2.34. The first-order valence-corrected chi connectivity index (χ1v) is 8.67. The summed E-state index contributed by atoms with van der Waals surface area (Å²) in [6.07, 6.45) is 3.01. The minimum atomic E-state index is -4.37. The van der Waals surface area contributed by atoms with E-state index in [0.717, 1.165) is 31.4 Å². The van der Waals surface area contributed by atoms with Gasteiger partial charge in [-0.05, 0) is 61.8 Å². The van der Waals surface area contributed by atoms with E-state index in [4.69, 9.17) is 0 Å². The van der Waals surface area contributed by atoms with Crippen LogP contribution in [0.3, 0.4) is 0 Å². The van der Waals surface area contributed by atoms with Crippen molar-refractivity contribution in [3.63, 3.8) is 0 Å². The summed E-state index contributed by atoms with van der Waals surface area (Å²) in [4.78, 5) is 12.1. The molecule has 0 aliphatic heterocycles. The monoisotopic (exact) mass is 350 g/mol. The van der Waals surface area contributed by atoms with E-state index in [2.05, 4.69) is 20.8 Å². The van der Waals surface area contributed by atoms with Crippen molar-refractivity contribution in [3.05, 3.63) is 52.6 Å². The third-order valence-corrected chi connectivity index (χ3v) is 4.98. The summed E-state index contributed by atoms with van der Waals surface area (Å²) >= 11 is 0. The minimum Gasteiger partial charge on any atom is -0.295 e. The number of benzene rings is 1. The molecule has 1 aliphatic carbocycles. The summed E-state index contributed by atoms with van der Waals surface area (Å²) in [5.74, 6) is -0.0564. The van der Waals surface area contributed by atoms with Crippen LogP contribution in [-0.2, 0) is 11.0 Å². The summed E-state index contributed by atoms with van der Waals surface area (Å²) in [6, 6.07) is 5.00. The van der Waals surface area contributed by atoms with Crippen molar-refractivity contribution < 1.29 is 18.0 Å². The molecule has 0 heterocycles. The molecule has 0 radical (unpaired) electrons. The summed E-state index contributed by atoms with van der Waals surface area (Å²) in [5.41, 5.74) is 2.56. The van der Waals surface area contributed by atoms with E-state index in [-0.39, 0.29) is 11.2 Å². The van der Waals surface area contributed by atoms with Gasteiger partial charge in [-0.25, -0.2) is 0 Å². The molecule has 0 N–H and O–H groups in total. The first kappa shape index (κ1) is 19.5. The Balaban J connectivity index is 2.00. The van der Waals surface area contributed by atoms with Crippen molar-refractivity contribution in [1.29, 1.82) is 0 Å². The Bertz CT molecular complexity index is 693. The van der Waals surface area contributed by atoms with E-state index in [1.807, 2.05) is 0 Å². The molecule has 0 atom stereocenters. The van der Waals surface area contributed by atoms with Crippen molar-refractivity contribution in [2.75, 3.05) is 0 Å². The first-order chi connectivity index (χ1) is 11.6. The summed E-state index contributed by atoms with van der Waals surface area (Å²) < 4.78 is 38.1. The molecule has 0 fully saturated rings. The number of carbonyl (C=O) groups excluding carboxylic acids is 1. The number of rotatable bonds is 5. The van der Waals surface area contributed by atoms with Gasteiger partial charge in [-0.1, -0.05) is 43.2 Å². The molecule has 0 bridgehead atoms. The van der Waals surface area contributed by atoms with Crippen LogP contribution in [0, 0.1) is 5.41 Å². The van der Waals surface area contributed by atoms with Crippen LogP contribution in [0.4, 0.5) is 13.2 Å². The summed E-state index contributed by atoms with van der Waals surface area (Å²) in [6.45, 7) is 6.57. The Labute approximate surface area is 147 Å². The maximum Gasteiger partial charge on any atom is 0.416 e. The molecular weight excluding hydrogens is 325 g/mol. The lowest BCUT2D eigenvalue weighted by molar-refractivity contribution is -0.137. The SMILES string of the molecule is CC1=C(CCC(=O)C=Cc2cccc(C(F)(F)F)c2)C(C)(C)CCC1. The lowest BCUT2D eigenvalue weighted by Crippen LogP contribution is -2.20. The van der Waals surface area contributed by atoms with Gasteiger partial charge < -0.3 is 0 Å². The third kappa shape index (κ3) is 5.32. The number of carbonyl (C=O) groups is 1. The molecule has 2 rings (SSSR count). The fourth-order valence-corrected chi connectivity index (χ4v) is 3.57. The highest BCUT2D eigenvalue weighted by atomic mass is 19.4. The molecular formula is C21H25F3O. The highest BCUT2D eigenvalue weighted by molar-refractivity contribution is 5.93. The van der Waals surface area contributed by atoms with E-state index < -0.39 is 11.7 Å². The van der Waals surface area contributed by atoms with Crippen LogP contribution in [0.5, 0.6) is 0 Å². The van der Waals surface area contributed by atoms with Gasteiger partial charge in [0, 0.05) is 6.42 Å². The molecule has 4 heteroatoms. The second-order valence-corrected chi connectivity index (χ2v) is 7.42. The van der Waals surface area contributed by atoms with Crippen molar-refractivity contribution in [2.24, 2.45) is 5.41 Å². The second-order valence-electron chi connectivity index (χ2n) is 7.42. The van der Waals surface area contributed by atoms with Crippen molar-refractivity contribution in [2.45, 2.75) is 59.1 Å². The van der Waals surface area contributed by atoms with Crippen molar-refractivity contribution in [3.8, 4) is 0 Å². The molecule has 1 aliphatic rings. The normalized spacial score (nSPS) is 18.0. The van der Waals surface area contributed by atoms with E-state index >= 15 is 0 Å². The van der Waals surface area contributed by atoms with Crippen LogP contribution in [-0.4, -0.2) is 5.78 Å². The summed E-state index contributed by atoms with van der Waals surface area (Å²) in [7, 11) is 0. The maximum absolute atomic E-state index is 12.7. The standard InChI is InChI=1S/C21H25F3O/c1-15-6-5-13-20(2,3)19(15)12-11-18(25)10-9-16-7-4-8-17(14-16)21(22,23)24/h4,7-10,14H,5-6,11-13H2,1-3H3. The number of hydrogen-bond acceptors (Lipinski definition) is 1. The topological polar surface area (TPSA) is 17.1 Å². The van der Waals surface area contributed by atoms with Crippen LogP contribution >= 0.6 is 0 Å². The number of halogens is 3. The van der Waals surface area contributed by atoms with Gasteiger partial charge in [0.2, 0.25) is 0 Å². The minimum absolute atomic E-state index is 0.0564. The van der Waals surface area contributed by atoms with Gasteiger partial charge in [-0.3, -0.25) is 4.79 Å². The largest absolute Gasteiger partial charge is 0.416 e. The fraction of sp³-hybridized carbons (Fsp3) is 0.476. The van der Waals surface area contributed by atoms with Gasteiger partial charge in [0.25, 0.3) is 0 Å². The molecule has 25 heavy (non-hydrogen) atoms. The van der Waals surface area contributed by atoms with Crippen molar-refractivity contribution >= 4 is 11.9 Å². The second kappa shape index (κ2) is 7.59. The Kier molecular flexibility index (Phi) is 5.91. The molecule has 1 aromatic rings. The van der Waals surface area contributed by atoms with Gasteiger partial charge in [-0.15, -0.1) is 0 Å². The predicted octanol–water partition coefficient (Wildman–Crippen LogP) is 6.59.